The zero-order valence-corrected chi connectivity index (χ0v) is 12.9. The molecule has 0 bridgehead atoms. The summed E-state index contributed by atoms with van der Waals surface area (Å²) in [5, 5.41) is 0. The Bertz CT molecular complexity index is 530. The van der Waals surface area contributed by atoms with Gasteiger partial charge in [0, 0.05) is 32.2 Å². The van der Waals surface area contributed by atoms with Crippen molar-refractivity contribution in [1.82, 2.24) is 14.9 Å². The molecular weight excluding hydrogens is 276 g/mol. The van der Waals surface area contributed by atoms with Crippen molar-refractivity contribution in [3.05, 3.63) is 17.0 Å². The Morgan fingerprint density at radius 2 is 2.00 bits per heavy atom. The highest BCUT2D eigenvalue weighted by Crippen LogP contribution is 2.15. The lowest BCUT2D eigenvalue weighted by atomic mass is 10.2. The van der Waals surface area contributed by atoms with E-state index in [1.165, 1.54) is 0 Å². The third-order valence-corrected chi connectivity index (χ3v) is 3.16. The molecule has 0 unspecified atom stereocenters. The van der Waals surface area contributed by atoms with Gasteiger partial charge in [-0.1, -0.05) is 12.2 Å². The molecule has 1 aromatic rings. The van der Waals surface area contributed by atoms with E-state index in [9.17, 15) is 4.79 Å². The van der Waals surface area contributed by atoms with Crippen molar-refractivity contribution in [1.29, 1.82) is 0 Å². The number of hydrogen-bond donors (Lipinski definition) is 1. The molecular formula is C13H20N4O2S. The van der Waals surface area contributed by atoms with Crippen molar-refractivity contribution in [2.24, 2.45) is 0 Å². The monoisotopic (exact) mass is 296 g/mol. The zero-order chi connectivity index (χ0) is 14.8. The summed E-state index contributed by atoms with van der Waals surface area (Å²) in [6.45, 7) is 8.38. The third kappa shape index (κ3) is 3.93. The first-order valence-corrected chi connectivity index (χ1v) is 7.03. The number of H-pyrrole nitrogens is 1. The summed E-state index contributed by atoms with van der Waals surface area (Å²) in [6.07, 6.45) is 1.34. The maximum Gasteiger partial charge on any atom is 0.410 e. The number of ether oxygens (including phenoxy) is 1. The van der Waals surface area contributed by atoms with Crippen LogP contribution in [0.25, 0.3) is 0 Å². The van der Waals surface area contributed by atoms with Crippen molar-refractivity contribution in [3.63, 3.8) is 0 Å². The average Bonchev–Trinajstić information content (AvgIpc) is 2.37. The first-order chi connectivity index (χ1) is 9.35. The van der Waals surface area contributed by atoms with Gasteiger partial charge < -0.3 is 19.5 Å². The molecule has 2 heterocycles. The smallest absolute Gasteiger partial charge is 0.410 e. The molecule has 0 radical (unpaired) electrons. The van der Waals surface area contributed by atoms with E-state index in [4.69, 9.17) is 17.0 Å². The van der Waals surface area contributed by atoms with E-state index in [0.717, 1.165) is 18.9 Å². The van der Waals surface area contributed by atoms with E-state index in [1.54, 1.807) is 11.2 Å². The standard InChI is InChI=1S/C13H20N4O2S/c1-13(2,3)19-12(18)17-6-4-16(5-7-17)10-8-11(20)15-9-14-10/h8-9H,4-7H2,1-3H3,(H,14,15,20). The van der Waals surface area contributed by atoms with E-state index in [2.05, 4.69) is 14.9 Å². The summed E-state index contributed by atoms with van der Waals surface area (Å²) in [4.78, 5) is 22.9. The number of hydrogen-bond acceptors (Lipinski definition) is 5. The second-order valence-corrected chi connectivity index (χ2v) is 6.14. The lowest BCUT2D eigenvalue weighted by Crippen LogP contribution is -2.50. The first kappa shape index (κ1) is 14.8. The van der Waals surface area contributed by atoms with Crippen LogP contribution >= 0.6 is 12.2 Å². The molecule has 0 spiro atoms. The largest absolute Gasteiger partial charge is 0.444 e. The zero-order valence-electron chi connectivity index (χ0n) is 12.0. The van der Waals surface area contributed by atoms with Crippen LogP contribution in [0.1, 0.15) is 20.8 Å². The predicted octanol–water partition coefficient (Wildman–Crippen LogP) is 2.20. The minimum Gasteiger partial charge on any atom is -0.444 e. The summed E-state index contributed by atoms with van der Waals surface area (Å²) < 4.78 is 5.93. The Labute approximate surface area is 123 Å². The average molecular weight is 296 g/mol. The molecule has 1 fully saturated rings. The summed E-state index contributed by atoms with van der Waals surface area (Å²) in [6, 6.07) is 1.83. The van der Waals surface area contributed by atoms with Gasteiger partial charge in [0.05, 0.1) is 6.33 Å². The highest BCUT2D eigenvalue weighted by molar-refractivity contribution is 7.71. The summed E-state index contributed by atoms with van der Waals surface area (Å²) in [5.41, 5.74) is -0.454. The lowest BCUT2D eigenvalue weighted by Gasteiger charge is -2.36. The van der Waals surface area contributed by atoms with E-state index in [0.29, 0.717) is 17.7 Å². The Hall–Kier alpha value is -1.63. The SMILES string of the molecule is CC(C)(C)OC(=O)N1CCN(c2cc(=S)nc[nH]2)CC1. The molecule has 1 aliphatic rings. The molecule has 1 aliphatic heterocycles. The molecule has 110 valence electrons. The number of rotatable bonds is 1. The van der Waals surface area contributed by atoms with Crippen LogP contribution in [0.2, 0.25) is 0 Å². The highest BCUT2D eigenvalue weighted by atomic mass is 32.1. The molecule has 0 saturated carbocycles. The van der Waals surface area contributed by atoms with Gasteiger partial charge in [-0.25, -0.2) is 9.78 Å². The van der Waals surface area contributed by atoms with Crippen molar-refractivity contribution in [2.75, 3.05) is 31.1 Å². The molecule has 20 heavy (non-hydrogen) atoms. The highest BCUT2D eigenvalue weighted by Gasteiger charge is 2.26. The van der Waals surface area contributed by atoms with E-state index >= 15 is 0 Å². The van der Waals surface area contributed by atoms with Gasteiger partial charge in [0.1, 0.15) is 16.1 Å². The second-order valence-electron chi connectivity index (χ2n) is 5.72. The van der Waals surface area contributed by atoms with Crippen molar-refractivity contribution < 1.29 is 9.53 Å². The van der Waals surface area contributed by atoms with Crippen LogP contribution in [0.3, 0.4) is 0 Å². The Kier molecular flexibility index (Phi) is 4.27. The van der Waals surface area contributed by atoms with Crippen LogP contribution in [0.15, 0.2) is 12.4 Å². The topological polar surface area (TPSA) is 61.5 Å². The molecule has 0 aromatic carbocycles. The van der Waals surface area contributed by atoms with Gasteiger partial charge in [-0.2, -0.15) is 0 Å². The van der Waals surface area contributed by atoms with Crippen LogP contribution < -0.4 is 4.90 Å². The number of piperazine rings is 1. The number of carbonyl (C=O) groups is 1. The second kappa shape index (κ2) is 5.78. The number of amides is 1. The molecule has 1 amide bonds. The van der Waals surface area contributed by atoms with Crippen LogP contribution in [-0.2, 0) is 4.74 Å². The Morgan fingerprint density at radius 3 is 2.55 bits per heavy atom. The van der Waals surface area contributed by atoms with Gasteiger partial charge in [-0.15, -0.1) is 0 Å². The summed E-state index contributed by atoms with van der Waals surface area (Å²) >= 11 is 5.05. The number of nitrogens with zero attached hydrogens (tertiary/aromatic N) is 3. The third-order valence-electron chi connectivity index (χ3n) is 2.94. The molecule has 1 aromatic heterocycles. The number of anilines is 1. The number of nitrogens with one attached hydrogen (secondary N) is 1. The van der Waals surface area contributed by atoms with E-state index in [1.807, 2.05) is 26.8 Å². The number of carbonyl (C=O) groups excluding carboxylic acids is 1. The van der Waals surface area contributed by atoms with Gasteiger partial charge in [0.2, 0.25) is 0 Å². The molecule has 0 atom stereocenters. The van der Waals surface area contributed by atoms with Crippen molar-refractivity contribution >= 4 is 24.1 Å². The van der Waals surface area contributed by atoms with Crippen LogP contribution in [0, 0.1) is 4.64 Å². The molecule has 1 saturated heterocycles. The molecule has 7 heteroatoms. The fourth-order valence-corrected chi connectivity index (χ4v) is 2.16. The Balaban J connectivity index is 1.92. The summed E-state index contributed by atoms with van der Waals surface area (Å²) in [5.74, 6) is 0.939. The Morgan fingerprint density at radius 1 is 1.35 bits per heavy atom. The maximum atomic E-state index is 12.0. The lowest BCUT2D eigenvalue weighted by molar-refractivity contribution is 0.0240. The maximum absolute atomic E-state index is 12.0. The quantitative estimate of drug-likeness (QED) is 0.805. The van der Waals surface area contributed by atoms with Gasteiger partial charge in [0.25, 0.3) is 0 Å². The normalized spacial score (nSPS) is 16.1. The van der Waals surface area contributed by atoms with Crippen LogP contribution in [-0.4, -0.2) is 52.7 Å². The van der Waals surface area contributed by atoms with Crippen molar-refractivity contribution in [3.8, 4) is 0 Å². The molecule has 2 rings (SSSR count). The minimum atomic E-state index is -0.454. The molecule has 0 aliphatic carbocycles. The van der Waals surface area contributed by atoms with Gasteiger partial charge in [-0.05, 0) is 20.8 Å². The van der Waals surface area contributed by atoms with Gasteiger partial charge >= 0.3 is 6.09 Å². The minimum absolute atomic E-state index is 0.250. The number of aromatic nitrogens is 2. The van der Waals surface area contributed by atoms with Crippen LogP contribution in [0.4, 0.5) is 10.6 Å². The fraction of sp³-hybridized carbons (Fsp3) is 0.615. The number of aromatic amines is 1. The van der Waals surface area contributed by atoms with Crippen LogP contribution in [0.5, 0.6) is 0 Å². The van der Waals surface area contributed by atoms with Gasteiger partial charge in [0.15, 0.2) is 0 Å². The first-order valence-electron chi connectivity index (χ1n) is 6.63. The van der Waals surface area contributed by atoms with E-state index < -0.39 is 5.60 Å². The molecule has 6 nitrogen and oxygen atoms in total. The van der Waals surface area contributed by atoms with Crippen molar-refractivity contribution in [2.45, 2.75) is 26.4 Å². The van der Waals surface area contributed by atoms with Gasteiger partial charge in [-0.3, -0.25) is 0 Å². The fourth-order valence-electron chi connectivity index (χ4n) is 2.00. The summed E-state index contributed by atoms with van der Waals surface area (Å²) in [7, 11) is 0. The predicted molar refractivity (Wildman–Crippen MR) is 79.4 cm³/mol. The molecule has 1 N–H and O–H groups in total. The van der Waals surface area contributed by atoms with E-state index in [-0.39, 0.29) is 6.09 Å².